The number of urea groups is 1. The van der Waals surface area contributed by atoms with Crippen molar-refractivity contribution in [1.82, 2.24) is 15.1 Å². The lowest BCUT2D eigenvalue weighted by molar-refractivity contribution is -0.134. The summed E-state index contributed by atoms with van der Waals surface area (Å²) >= 11 is 0. The van der Waals surface area contributed by atoms with Gasteiger partial charge in [0, 0.05) is 43.7 Å². The number of carbonyl (C=O) groups is 2. The molecule has 2 aliphatic rings. The Bertz CT molecular complexity index is 716. The van der Waals surface area contributed by atoms with Gasteiger partial charge in [0.2, 0.25) is 5.91 Å². The summed E-state index contributed by atoms with van der Waals surface area (Å²) in [6.07, 6.45) is 2.09. The summed E-state index contributed by atoms with van der Waals surface area (Å²) in [4.78, 5) is 29.6. The molecule has 0 spiro atoms. The van der Waals surface area contributed by atoms with Crippen molar-refractivity contribution in [2.75, 3.05) is 40.4 Å². The number of nitrogens with one attached hydrogen (secondary N) is 1. The molecule has 7 heteroatoms. The maximum atomic E-state index is 13.3. The van der Waals surface area contributed by atoms with Crippen LogP contribution in [-0.2, 0) is 4.79 Å². The first-order valence-corrected chi connectivity index (χ1v) is 10.0. The minimum absolute atomic E-state index is 0.0469. The number of hydrogen-bond acceptors (Lipinski definition) is 4. The third kappa shape index (κ3) is 4.18. The fourth-order valence-corrected chi connectivity index (χ4v) is 4.17. The van der Waals surface area contributed by atoms with Gasteiger partial charge in [-0.15, -0.1) is 0 Å². The molecule has 2 heterocycles. The highest BCUT2D eigenvalue weighted by atomic mass is 16.5. The SMILES string of the molecule is COc1ccc(OC)c([C@@H]2CN(C(=O)NC(C)C)C[C@H]2C(=O)N2CCCC2)c1. The van der Waals surface area contributed by atoms with Crippen molar-refractivity contribution in [2.24, 2.45) is 5.92 Å². The molecule has 1 N–H and O–H groups in total. The second-order valence-electron chi connectivity index (χ2n) is 7.86. The third-order valence-electron chi connectivity index (χ3n) is 5.59. The van der Waals surface area contributed by atoms with Crippen LogP contribution in [0.1, 0.15) is 38.2 Å². The van der Waals surface area contributed by atoms with E-state index in [1.807, 2.05) is 36.9 Å². The molecule has 28 heavy (non-hydrogen) atoms. The van der Waals surface area contributed by atoms with Gasteiger partial charge in [0.1, 0.15) is 11.5 Å². The molecular weight excluding hydrogens is 358 g/mol. The number of carbonyl (C=O) groups excluding carboxylic acids is 2. The van der Waals surface area contributed by atoms with Gasteiger partial charge in [-0.05, 0) is 44.9 Å². The monoisotopic (exact) mass is 389 g/mol. The Balaban J connectivity index is 1.92. The van der Waals surface area contributed by atoms with Crippen molar-refractivity contribution >= 4 is 11.9 Å². The Morgan fingerprint density at radius 3 is 2.39 bits per heavy atom. The first-order chi connectivity index (χ1) is 13.4. The number of likely N-dealkylation sites (tertiary alicyclic amines) is 2. The first kappa shape index (κ1) is 20.3. The van der Waals surface area contributed by atoms with E-state index in [1.165, 1.54) is 0 Å². The molecule has 0 radical (unpaired) electrons. The second-order valence-corrected chi connectivity index (χ2v) is 7.86. The van der Waals surface area contributed by atoms with Crippen molar-refractivity contribution in [3.05, 3.63) is 23.8 Å². The van der Waals surface area contributed by atoms with Gasteiger partial charge in [-0.3, -0.25) is 4.79 Å². The number of hydrogen-bond donors (Lipinski definition) is 1. The summed E-state index contributed by atoms with van der Waals surface area (Å²) in [5, 5.41) is 2.94. The molecule has 3 rings (SSSR count). The number of rotatable bonds is 5. The van der Waals surface area contributed by atoms with Crippen molar-refractivity contribution in [3.8, 4) is 11.5 Å². The van der Waals surface area contributed by atoms with E-state index in [4.69, 9.17) is 9.47 Å². The normalized spacial score (nSPS) is 21.9. The van der Waals surface area contributed by atoms with E-state index < -0.39 is 0 Å². The van der Waals surface area contributed by atoms with Crippen molar-refractivity contribution in [2.45, 2.75) is 38.6 Å². The average Bonchev–Trinajstić information content (AvgIpc) is 3.36. The third-order valence-corrected chi connectivity index (χ3v) is 5.59. The number of methoxy groups -OCH3 is 2. The topological polar surface area (TPSA) is 71.1 Å². The highest BCUT2D eigenvalue weighted by Gasteiger charge is 2.43. The molecule has 0 aliphatic carbocycles. The number of ether oxygens (including phenoxy) is 2. The first-order valence-electron chi connectivity index (χ1n) is 10.0. The number of nitrogens with zero attached hydrogens (tertiary/aromatic N) is 2. The van der Waals surface area contributed by atoms with E-state index in [2.05, 4.69) is 5.32 Å². The quantitative estimate of drug-likeness (QED) is 0.840. The molecule has 0 aromatic heterocycles. The zero-order valence-electron chi connectivity index (χ0n) is 17.2. The van der Waals surface area contributed by atoms with Crippen molar-refractivity contribution < 1.29 is 19.1 Å². The fourth-order valence-electron chi connectivity index (χ4n) is 4.17. The highest BCUT2D eigenvalue weighted by molar-refractivity contribution is 5.83. The van der Waals surface area contributed by atoms with Crippen LogP contribution in [0.3, 0.4) is 0 Å². The van der Waals surface area contributed by atoms with Crippen LogP contribution in [-0.4, -0.2) is 68.2 Å². The van der Waals surface area contributed by atoms with Crippen LogP contribution in [0.2, 0.25) is 0 Å². The van der Waals surface area contributed by atoms with Crippen LogP contribution < -0.4 is 14.8 Å². The molecule has 2 fully saturated rings. The van der Waals surface area contributed by atoms with E-state index in [9.17, 15) is 9.59 Å². The van der Waals surface area contributed by atoms with E-state index in [0.717, 1.165) is 37.2 Å². The average molecular weight is 389 g/mol. The molecule has 1 aromatic rings. The van der Waals surface area contributed by atoms with Crippen molar-refractivity contribution in [1.29, 1.82) is 0 Å². The number of benzene rings is 1. The standard InChI is InChI=1S/C21H31N3O4/c1-14(2)22-21(26)24-12-17(16-11-15(27-3)7-8-19(16)28-4)18(13-24)20(25)23-9-5-6-10-23/h7-8,11,14,17-18H,5-6,9-10,12-13H2,1-4H3,(H,22,26)/t17-,18+/m0/s1. The summed E-state index contributed by atoms with van der Waals surface area (Å²) < 4.78 is 11.0. The molecular formula is C21H31N3O4. The maximum absolute atomic E-state index is 13.3. The zero-order chi connectivity index (χ0) is 20.3. The molecule has 3 amide bonds. The summed E-state index contributed by atoms with van der Waals surface area (Å²) in [6, 6.07) is 5.56. The van der Waals surface area contributed by atoms with Gasteiger partial charge in [0.05, 0.1) is 20.1 Å². The molecule has 2 saturated heterocycles. The highest BCUT2D eigenvalue weighted by Crippen LogP contribution is 2.40. The largest absolute Gasteiger partial charge is 0.497 e. The van der Waals surface area contributed by atoms with Gasteiger partial charge < -0.3 is 24.6 Å². The van der Waals surface area contributed by atoms with E-state index in [1.54, 1.807) is 19.1 Å². The Hall–Kier alpha value is -2.44. The maximum Gasteiger partial charge on any atom is 0.317 e. The Kier molecular flexibility index (Phi) is 6.31. The smallest absolute Gasteiger partial charge is 0.317 e. The molecule has 1 aromatic carbocycles. The van der Waals surface area contributed by atoms with Crippen LogP contribution in [0.4, 0.5) is 4.79 Å². The van der Waals surface area contributed by atoms with Gasteiger partial charge in [-0.1, -0.05) is 0 Å². The van der Waals surface area contributed by atoms with Crippen LogP contribution in [0.25, 0.3) is 0 Å². The van der Waals surface area contributed by atoms with Crippen LogP contribution in [0, 0.1) is 5.92 Å². The summed E-state index contributed by atoms with van der Waals surface area (Å²) in [5.74, 6) is 1.16. The predicted octanol–water partition coefficient (Wildman–Crippen LogP) is 2.46. The van der Waals surface area contributed by atoms with E-state index in [-0.39, 0.29) is 29.8 Å². The van der Waals surface area contributed by atoms with Gasteiger partial charge in [0.15, 0.2) is 0 Å². The van der Waals surface area contributed by atoms with E-state index in [0.29, 0.717) is 18.8 Å². The van der Waals surface area contributed by atoms with E-state index >= 15 is 0 Å². The van der Waals surface area contributed by atoms with Gasteiger partial charge in [0.25, 0.3) is 0 Å². The lowest BCUT2D eigenvalue weighted by Gasteiger charge is -2.25. The molecule has 154 valence electrons. The van der Waals surface area contributed by atoms with Crippen molar-refractivity contribution in [3.63, 3.8) is 0 Å². The molecule has 0 unspecified atom stereocenters. The Morgan fingerprint density at radius 2 is 1.79 bits per heavy atom. The molecule has 0 saturated carbocycles. The lowest BCUT2D eigenvalue weighted by Crippen LogP contribution is -2.43. The van der Waals surface area contributed by atoms with Gasteiger partial charge in [-0.2, -0.15) is 0 Å². The molecule has 2 atom stereocenters. The summed E-state index contributed by atoms with van der Waals surface area (Å²) in [7, 11) is 3.25. The number of amides is 3. The zero-order valence-corrected chi connectivity index (χ0v) is 17.2. The molecule has 0 bridgehead atoms. The van der Waals surface area contributed by atoms with Crippen LogP contribution in [0.15, 0.2) is 18.2 Å². The van der Waals surface area contributed by atoms with Crippen LogP contribution in [0.5, 0.6) is 11.5 Å². The molecule has 2 aliphatic heterocycles. The summed E-state index contributed by atoms with van der Waals surface area (Å²) in [6.45, 7) is 6.36. The lowest BCUT2D eigenvalue weighted by atomic mass is 9.87. The minimum atomic E-state index is -0.281. The summed E-state index contributed by atoms with van der Waals surface area (Å²) in [5.41, 5.74) is 0.916. The Labute approximate surface area is 167 Å². The second kappa shape index (κ2) is 8.71. The minimum Gasteiger partial charge on any atom is -0.497 e. The predicted molar refractivity (Wildman–Crippen MR) is 107 cm³/mol. The van der Waals surface area contributed by atoms with Gasteiger partial charge >= 0.3 is 6.03 Å². The fraction of sp³-hybridized carbons (Fsp3) is 0.619. The molecule has 7 nitrogen and oxygen atoms in total. The Morgan fingerprint density at radius 1 is 1.07 bits per heavy atom. The van der Waals surface area contributed by atoms with Crippen LogP contribution >= 0.6 is 0 Å². The van der Waals surface area contributed by atoms with Gasteiger partial charge in [-0.25, -0.2) is 4.79 Å².